The molecule has 1 aromatic heterocycles. The number of nitrogens with zero attached hydrogens (tertiary/aromatic N) is 2. The van der Waals surface area contributed by atoms with E-state index in [1.165, 1.54) is 5.56 Å². The standard InChI is InChI=1S/C20H21N3O2S/c1-13(2)15-6-4-14(5-7-15)12-18(24)21-20-23-22-19(25-20)16-8-10-17(26-3)11-9-16/h4-11,13H,12H2,1-3H3,(H,21,23,24). The van der Waals surface area contributed by atoms with Crippen LogP contribution in [0.25, 0.3) is 11.5 Å². The SMILES string of the molecule is CSc1ccc(-c2nnc(NC(=O)Cc3ccc(C(C)C)cc3)o2)cc1. The summed E-state index contributed by atoms with van der Waals surface area (Å²) in [5.74, 6) is 0.671. The van der Waals surface area contributed by atoms with Gasteiger partial charge in [0.1, 0.15) is 0 Å². The summed E-state index contributed by atoms with van der Waals surface area (Å²) in [5.41, 5.74) is 3.02. The summed E-state index contributed by atoms with van der Waals surface area (Å²) in [6, 6.07) is 16.0. The molecule has 0 spiro atoms. The lowest BCUT2D eigenvalue weighted by Crippen LogP contribution is -2.14. The summed E-state index contributed by atoms with van der Waals surface area (Å²) in [5, 5.41) is 10.6. The molecular formula is C20H21N3O2S. The third-order valence-corrected chi connectivity index (χ3v) is 4.76. The van der Waals surface area contributed by atoms with Crippen molar-refractivity contribution < 1.29 is 9.21 Å². The van der Waals surface area contributed by atoms with E-state index < -0.39 is 0 Å². The van der Waals surface area contributed by atoms with Crippen LogP contribution < -0.4 is 5.32 Å². The Hall–Kier alpha value is -2.60. The van der Waals surface area contributed by atoms with Gasteiger partial charge in [-0.05, 0) is 47.6 Å². The molecule has 0 radical (unpaired) electrons. The Bertz CT molecular complexity index is 871. The minimum absolute atomic E-state index is 0.109. The lowest BCUT2D eigenvalue weighted by Gasteiger charge is -2.06. The minimum Gasteiger partial charge on any atom is -0.403 e. The van der Waals surface area contributed by atoms with Crippen LogP contribution in [0.3, 0.4) is 0 Å². The topological polar surface area (TPSA) is 68.0 Å². The Morgan fingerprint density at radius 2 is 1.77 bits per heavy atom. The van der Waals surface area contributed by atoms with Gasteiger partial charge < -0.3 is 4.42 Å². The van der Waals surface area contributed by atoms with Crippen molar-refractivity contribution in [3.63, 3.8) is 0 Å². The quantitative estimate of drug-likeness (QED) is 0.636. The highest BCUT2D eigenvalue weighted by Gasteiger charge is 2.12. The molecule has 1 amide bonds. The van der Waals surface area contributed by atoms with Crippen molar-refractivity contribution in [2.45, 2.75) is 31.1 Å². The van der Waals surface area contributed by atoms with Gasteiger partial charge in [0, 0.05) is 10.5 Å². The molecule has 0 aliphatic carbocycles. The van der Waals surface area contributed by atoms with E-state index in [9.17, 15) is 4.79 Å². The normalized spacial score (nSPS) is 10.9. The van der Waals surface area contributed by atoms with Crippen LogP contribution in [0.4, 0.5) is 6.01 Å². The molecule has 5 nitrogen and oxygen atoms in total. The van der Waals surface area contributed by atoms with E-state index in [2.05, 4.69) is 41.5 Å². The number of aromatic nitrogens is 2. The third kappa shape index (κ3) is 4.52. The van der Waals surface area contributed by atoms with Gasteiger partial charge in [0.05, 0.1) is 6.42 Å². The van der Waals surface area contributed by atoms with Crippen LogP contribution in [0, 0.1) is 0 Å². The molecule has 2 aromatic carbocycles. The summed E-state index contributed by atoms with van der Waals surface area (Å²) in [6.45, 7) is 4.28. The molecule has 1 N–H and O–H groups in total. The second kappa shape index (κ2) is 8.19. The van der Waals surface area contributed by atoms with Gasteiger partial charge in [-0.2, -0.15) is 0 Å². The first-order chi connectivity index (χ1) is 12.5. The van der Waals surface area contributed by atoms with Gasteiger partial charge in [-0.1, -0.05) is 43.2 Å². The highest BCUT2D eigenvalue weighted by molar-refractivity contribution is 7.98. The first kappa shape index (κ1) is 18.2. The minimum atomic E-state index is -0.185. The summed E-state index contributed by atoms with van der Waals surface area (Å²) in [4.78, 5) is 13.3. The number of thioether (sulfide) groups is 1. The van der Waals surface area contributed by atoms with Crippen LogP contribution in [-0.2, 0) is 11.2 Å². The summed E-state index contributed by atoms with van der Waals surface area (Å²) < 4.78 is 5.54. The number of carbonyl (C=O) groups excluding carboxylic acids is 1. The van der Waals surface area contributed by atoms with E-state index in [1.54, 1.807) is 11.8 Å². The Morgan fingerprint density at radius 3 is 2.38 bits per heavy atom. The number of benzene rings is 2. The average molecular weight is 367 g/mol. The predicted molar refractivity (Wildman–Crippen MR) is 104 cm³/mol. The maximum atomic E-state index is 12.2. The number of amides is 1. The number of hydrogen-bond donors (Lipinski definition) is 1. The zero-order valence-electron chi connectivity index (χ0n) is 15.0. The Balaban J connectivity index is 1.61. The Kier molecular flexibility index (Phi) is 5.73. The zero-order valence-corrected chi connectivity index (χ0v) is 15.8. The van der Waals surface area contributed by atoms with Crippen LogP contribution >= 0.6 is 11.8 Å². The van der Waals surface area contributed by atoms with E-state index in [-0.39, 0.29) is 18.3 Å². The van der Waals surface area contributed by atoms with Gasteiger partial charge in [0.25, 0.3) is 0 Å². The molecule has 0 saturated heterocycles. The fourth-order valence-corrected chi connectivity index (χ4v) is 2.90. The highest BCUT2D eigenvalue weighted by Crippen LogP contribution is 2.23. The summed E-state index contributed by atoms with van der Waals surface area (Å²) >= 11 is 1.67. The highest BCUT2D eigenvalue weighted by atomic mass is 32.2. The Morgan fingerprint density at radius 1 is 1.08 bits per heavy atom. The van der Waals surface area contributed by atoms with Crippen LogP contribution in [0.1, 0.15) is 30.9 Å². The third-order valence-electron chi connectivity index (χ3n) is 4.02. The molecule has 0 atom stereocenters. The van der Waals surface area contributed by atoms with E-state index in [4.69, 9.17) is 4.42 Å². The molecular weight excluding hydrogens is 346 g/mol. The van der Waals surface area contributed by atoms with Crippen LogP contribution in [0.15, 0.2) is 57.8 Å². The number of nitrogens with one attached hydrogen (secondary N) is 1. The van der Waals surface area contributed by atoms with Gasteiger partial charge in [0.15, 0.2) is 0 Å². The summed E-state index contributed by atoms with van der Waals surface area (Å²) in [7, 11) is 0. The predicted octanol–water partition coefficient (Wildman–Crippen LogP) is 4.76. The second-order valence-electron chi connectivity index (χ2n) is 6.26. The van der Waals surface area contributed by atoms with E-state index >= 15 is 0 Å². The molecule has 26 heavy (non-hydrogen) atoms. The second-order valence-corrected chi connectivity index (χ2v) is 7.14. The lowest BCUT2D eigenvalue weighted by atomic mass is 10.0. The number of carbonyl (C=O) groups is 1. The first-order valence-corrected chi connectivity index (χ1v) is 9.64. The van der Waals surface area contributed by atoms with Crippen molar-refractivity contribution >= 4 is 23.7 Å². The van der Waals surface area contributed by atoms with Gasteiger partial charge in [-0.25, -0.2) is 0 Å². The van der Waals surface area contributed by atoms with Crippen molar-refractivity contribution in [1.29, 1.82) is 0 Å². The number of hydrogen-bond acceptors (Lipinski definition) is 5. The lowest BCUT2D eigenvalue weighted by molar-refractivity contribution is -0.115. The molecule has 1 heterocycles. The van der Waals surface area contributed by atoms with Gasteiger partial charge in [-0.3, -0.25) is 10.1 Å². The molecule has 3 aromatic rings. The van der Waals surface area contributed by atoms with Crippen molar-refractivity contribution in [1.82, 2.24) is 10.2 Å². The molecule has 6 heteroatoms. The molecule has 134 valence electrons. The van der Waals surface area contributed by atoms with E-state index in [1.807, 2.05) is 42.7 Å². The van der Waals surface area contributed by atoms with Crippen molar-refractivity contribution in [3.05, 3.63) is 59.7 Å². The van der Waals surface area contributed by atoms with Gasteiger partial charge >= 0.3 is 6.01 Å². The van der Waals surface area contributed by atoms with Crippen LogP contribution in [0.2, 0.25) is 0 Å². The molecule has 0 aliphatic heterocycles. The molecule has 0 saturated carbocycles. The van der Waals surface area contributed by atoms with Crippen LogP contribution in [-0.4, -0.2) is 22.4 Å². The van der Waals surface area contributed by atoms with Gasteiger partial charge in [0.2, 0.25) is 11.8 Å². The largest absolute Gasteiger partial charge is 0.403 e. The fourth-order valence-electron chi connectivity index (χ4n) is 2.49. The van der Waals surface area contributed by atoms with Crippen molar-refractivity contribution in [3.8, 4) is 11.5 Å². The Labute approximate surface area is 157 Å². The molecule has 3 rings (SSSR count). The fraction of sp³-hybridized carbons (Fsp3) is 0.250. The summed E-state index contributed by atoms with van der Waals surface area (Å²) in [6.07, 6.45) is 2.28. The average Bonchev–Trinajstić information content (AvgIpc) is 3.10. The molecule has 0 fully saturated rings. The van der Waals surface area contributed by atoms with Crippen molar-refractivity contribution in [2.24, 2.45) is 0 Å². The maximum Gasteiger partial charge on any atom is 0.322 e. The molecule has 0 aliphatic rings. The molecule has 0 unspecified atom stereocenters. The zero-order chi connectivity index (χ0) is 18.5. The maximum absolute atomic E-state index is 12.2. The smallest absolute Gasteiger partial charge is 0.322 e. The van der Waals surface area contributed by atoms with Crippen LogP contribution in [0.5, 0.6) is 0 Å². The van der Waals surface area contributed by atoms with Gasteiger partial charge in [-0.15, -0.1) is 16.9 Å². The first-order valence-electron chi connectivity index (χ1n) is 8.42. The number of anilines is 1. The monoisotopic (exact) mass is 367 g/mol. The van der Waals surface area contributed by atoms with E-state index in [0.717, 1.165) is 16.0 Å². The van der Waals surface area contributed by atoms with Crippen molar-refractivity contribution in [2.75, 3.05) is 11.6 Å². The molecule has 0 bridgehead atoms. The number of rotatable bonds is 6. The van der Waals surface area contributed by atoms with E-state index in [0.29, 0.717) is 11.8 Å².